The zero-order valence-electron chi connectivity index (χ0n) is 10.4. The van der Waals surface area contributed by atoms with Crippen LogP contribution in [0.3, 0.4) is 0 Å². The zero-order valence-corrected chi connectivity index (χ0v) is 10.4. The van der Waals surface area contributed by atoms with Crippen molar-refractivity contribution in [1.29, 1.82) is 0 Å². The third-order valence-electron chi connectivity index (χ3n) is 3.19. The second-order valence-corrected chi connectivity index (χ2v) is 4.10. The standard InChI is InChI=1S/C12H18N2O3/c1-15-9-4-5-10(13)11(6-9)14-7-12(8-14,16-2)17-3/h4-6H,7-8,13H2,1-3H3. The van der Waals surface area contributed by atoms with Crippen LogP contribution in [0.2, 0.25) is 0 Å². The molecule has 0 unspecified atom stereocenters. The first-order valence-corrected chi connectivity index (χ1v) is 5.43. The van der Waals surface area contributed by atoms with Crippen LogP contribution in [0.25, 0.3) is 0 Å². The van der Waals surface area contributed by atoms with E-state index in [1.165, 1.54) is 0 Å². The molecule has 0 radical (unpaired) electrons. The third kappa shape index (κ3) is 2.03. The summed E-state index contributed by atoms with van der Waals surface area (Å²) in [5.74, 6) is 0.289. The molecule has 94 valence electrons. The van der Waals surface area contributed by atoms with Gasteiger partial charge in [0.1, 0.15) is 5.75 Å². The number of anilines is 2. The van der Waals surface area contributed by atoms with Gasteiger partial charge in [0.2, 0.25) is 5.79 Å². The molecular formula is C12H18N2O3. The monoisotopic (exact) mass is 238 g/mol. The first kappa shape index (κ1) is 12.0. The Hall–Kier alpha value is -1.46. The minimum Gasteiger partial charge on any atom is -0.497 e. The highest BCUT2D eigenvalue weighted by molar-refractivity contribution is 5.71. The fourth-order valence-electron chi connectivity index (χ4n) is 1.97. The van der Waals surface area contributed by atoms with E-state index in [0.717, 1.165) is 17.1 Å². The quantitative estimate of drug-likeness (QED) is 0.628. The molecule has 0 bridgehead atoms. The van der Waals surface area contributed by atoms with E-state index in [0.29, 0.717) is 13.1 Å². The van der Waals surface area contributed by atoms with Crippen molar-refractivity contribution in [3.05, 3.63) is 18.2 Å². The van der Waals surface area contributed by atoms with Crippen LogP contribution in [0.4, 0.5) is 11.4 Å². The minimum atomic E-state index is -0.504. The molecule has 1 heterocycles. The van der Waals surface area contributed by atoms with Gasteiger partial charge in [-0.3, -0.25) is 0 Å². The Labute approximate surface area is 101 Å². The molecule has 5 heteroatoms. The summed E-state index contributed by atoms with van der Waals surface area (Å²) in [5.41, 5.74) is 7.63. The molecule has 1 aromatic carbocycles. The number of rotatable bonds is 4. The van der Waals surface area contributed by atoms with Crippen molar-refractivity contribution in [2.75, 3.05) is 45.1 Å². The maximum atomic E-state index is 5.95. The molecule has 0 amide bonds. The Morgan fingerprint density at radius 3 is 2.35 bits per heavy atom. The van der Waals surface area contributed by atoms with Crippen molar-refractivity contribution in [2.24, 2.45) is 0 Å². The van der Waals surface area contributed by atoms with Gasteiger partial charge in [-0.15, -0.1) is 0 Å². The number of nitrogens with zero attached hydrogens (tertiary/aromatic N) is 1. The number of nitrogen functional groups attached to an aromatic ring is 1. The van der Waals surface area contributed by atoms with Gasteiger partial charge in [-0.25, -0.2) is 0 Å². The number of hydrogen-bond donors (Lipinski definition) is 1. The van der Waals surface area contributed by atoms with Crippen molar-refractivity contribution >= 4 is 11.4 Å². The SMILES string of the molecule is COc1ccc(N)c(N2CC(OC)(OC)C2)c1. The molecule has 17 heavy (non-hydrogen) atoms. The molecule has 0 aliphatic carbocycles. The third-order valence-corrected chi connectivity index (χ3v) is 3.19. The topological polar surface area (TPSA) is 57.0 Å². The Morgan fingerprint density at radius 1 is 1.18 bits per heavy atom. The second-order valence-electron chi connectivity index (χ2n) is 4.10. The minimum absolute atomic E-state index is 0.504. The first-order chi connectivity index (χ1) is 8.14. The largest absolute Gasteiger partial charge is 0.497 e. The van der Waals surface area contributed by atoms with E-state index in [4.69, 9.17) is 19.9 Å². The van der Waals surface area contributed by atoms with E-state index in [9.17, 15) is 0 Å². The lowest BCUT2D eigenvalue weighted by Crippen LogP contribution is -2.64. The van der Waals surface area contributed by atoms with Crippen LogP contribution >= 0.6 is 0 Å². The lowest BCUT2D eigenvalue weighted by atomic mass is 10.1. The van der Waals surface area contributed by atoms with E-state index >= 15 is 0 Å². The molecular weight excluding hydrogens is 220 g/mol. The molecule has 1 fully saturated rings. The van der Waals surface area contributed by atoms with Crippen molar-refractivity contribution < 1.29 is 14.2 Å². The predicted molar refractivity (Wildman–Crippen MR) is 66.4 cm³/mol. The molecule has 0 aromatic heterocycles. The van der Waals surface area contributed by atoms with Crippen molar-refractivity contribution in [1.82, 2.24) is 0 Å². The van der Waals surface area contributed by atoms with Crippen LogP contribution in [0.5, 0.6) is 5.75 Å². The van der Waals surface area contributed by atoms with E-state index in [1.807, 2.05) is 18.2 Å². The molecule has 0 atom stereocenters. The van der Waals surface area contributed by atoms with Gasteiger partial charge in [0.05, 0.1) is 31.6 Å². The summed E-state index contributed by atoms with van der Waals surface area (Å²) in [4.78, 5) is 2.10. The number of benzene rings is 1. The average Bonchev–Trinajstić information content (AvgIpc) is 2.31. The van der Waals surface area contributed by atoms with Crippen LogP contribution in [0, 0.1) is 0 Å². The number of ether oxygens (including phenoxy) is 3. The molecule has 0 saturated carbocycles. The van der Waals surface area contributed by atoms with Crippen molar-refractivity contribution in [2.45, 2.75) is 5.79 Å². The Bertz CT molecular complexity index is 397. The molecule has 1 aliphatic heterocycles. The van der Waals surface area contributed by atoms with Crippen LogP contribution < -0.4 is 15.4 Å². The van der Waals surface area contributed by atoms with E-state index in [-0.39, 0.29) is 0 Å². The highest BCUT2D eigenvalue weighted by atomic mass is 16.7. The molecule has 2 rings (SSSR count). The molecule has 1 aromatic rings. The van der Waals surface area contributed by atoms with Crippen LogP contribution in [-0.4, -0.2) is 40.2 Å². The summed E-state index contributed by atoms with van der Waals surface area (Å²) in [6.45, 7) is 1.33. The highest BCUT2D eigenvalue weighted by Crippen LogP contribution is 2.36. The number of methoxy groups -OCH3 is 3. The summed E-state index contributed by atoms with van der Waals surface area (Å²) in [6.07, 6.45) is 0. The smallest absolute Gasteiger partial charge is 0.203 e. The zero-order chi connectivity index (χ0) is 12.5. The van der Waals surface area contributed by atoms with Gasteiger partial charge in [-0.05, 0) is 12.1 Å². The van der Waals surface area contributed by atoms with Gasteiger partial charge >= 0.3 is 0 Å². The summed E-state index contributed by atoms with van der Waals surface area (Å²) in [5, 5.41) is 0. The van der Waals surface area contributed by atoms with Gasteiger partial charge in [-0.2, -0.15) is 0 Å². The van der Waals surface area contributed by atoms with Gasteiger partial charge in [0.15, 0.2) is 0 Å². The molecule has 1 aliphatic rings. The number of nitrogens with two attached hydrogens (primary N) is 1. The summed E-state index contributed by atoms with van der Waals surface area (Å²) in [6, 6.07) is 5.61. The van der Waals surface area contributed by atoms with Crippen LogP contribution in [0.1, 0.15) is 0 Å². The summed E-state index contributed by atoms with van der Waals surface area (Å²) in [7, 11) is 4.94. The lowest BCUT2D eigenvalue weighted by Gasteiger charge is -2.49. The number of hydrogen-bond acceptors (Lipinski definition) is 5. The summed E-state index contributed by atoms with van der Waals surface area (Å²) < 4.78 is 15.9. The van der Waals surface area contributed by atoms with E-state index in [1.54, 1.807) is 21.3 Å². The molecule has 0 spiro atoms. The average molecular weight is 238 g/mol. The normalized spacial score (nSPS) is 17.7. The van der Waals surface area contributed by atoms with Crippen molar-refractivity contribution in [3.8, 4) is 5.75 Å². The maximum absolute atomic E-state index is 5.95. The molecule has 1 saturated heterocycles. The van der Waals surface area contributed by atoms with E-state index < -0.39 is 5.79 Å². The fraction of sp³-hybridized carbons (Fsp3) is 0.500. The maximum Gasteiger partial charge on any atom is 0.203 e. The second kappa shape index (κ2) is 4.43. The Kier molecular flexibility index (Phi) is 3.13. The van der Waals surface area contributed by atoms with Gasteiger partial charge in [0, 0.05) is 20.3 Å². The van der Waals surface area contributed by atoms with Gasteiger partial charge < -0.3 is 24.8 Å². The highest BCUT2D eigenvalue weighted by Gasteiger charge is 2.44. The van der Waals surface area contributed by atoms with Crippen LogP contribution in [-0.2, 0) is 9.47 Å². The molecule has 2 N–H and O–H groups in total. The Balaban J connectivity index is 2.15. The first-order valence-electron chi connectivity index (χ1n) is 5.43. The molecule has 5 nitrogen and oxygen atoms in total. The van der Waals surface area contributed by atoms with Gasteiger partial charge in [-0.1, -0.05) is 0 Å². The van der Waals surface area contributed by atoms with Crippen LogP contribution in [0.15, 0.2) is 18.2 Å². The fourth-order valence-corrected chi connectivity index (χ4v) is 1.97. The van der Waals surface area contributed by atoms with Gasteiger partial charge in [0.25, 0.3) is 0 Å². The predicted octanol–water partition coefficient (Wildman–Crippen LogP) is 1.09. The van der Waals surface area contributed by atoms with E-state index in [2.05, 4.69) is 4.90 Å². The van der Waals surface area contributed by atoms with Crippen molar-refractivity contribution in [3.63, 3.8) is 0 Å². The summed E-state index contributed by atoms with van der Waals surface area (Å²) >= 11 is 0. The lowest BCUT2D eigenvalue weighted by molar-refractivity contribution is -0.219. The Morgan fingerprint density at radius 2 is 1.82 bits per heavy atom.